The van der Waals surface area contributed by atoms with E-state index in [-0.39, 0.29) is 11.0 Å². The number of fused-ring (bicyclic) bond motifs is 1. The third kappa shape index (κ3) is 4.41. The molecule has 0 aliphatic heterocycles. The third-order valence-electron chi connectivity index (χ3n) is 3.67. The maximum absolute atomic E-state index is 12.1. The van der Waals surface area contributed by atoms with Crippen LogP contribution in [0.4, 0.5) is 5.69 Å². The van der Waals surface area contributed by atoms with Crippen LogP contribution in [0.1, 0.15) is 5.56 Å². The van der Waals surface area contributed by atoms with E-state index in [1.165, 1.54) is 6.08 Å². The smallest absolute Gasteiger partial charge is 0.250 e. The van der Waals surface area contributed by atoms with Crippen LogP contribution in [0, 0.1) is 0 Å². The summed E-state index contributed by atoms with van der Waals surface area (Å²) in [5.41, 5.74) is 1.48. The van der Waals surface area contributed by atoms with Crippen LogP contribution in [0.5, 0.6) is 0 Å². The van der Waals surface area contributed by atoms with Crippen molar-refractivity contribution in [3.8, 4) is 0 Å². The monoisotopic (exact) mass is 400 g/mol. The number of hydrogen-bond acceptors (Lipinski definition) is 2. The maximum atomic E-state index is 12.1. The summed E-state index contributed by atoms with van der Waals surface area (Å²) in [6, 6.07) is 19.0. The Morgan fingerprint density at radius 1 is 0.962 bits per heavy atom. The molecule has 26 heavy (non-hydrogen) atoms. The Labute approximate surface area is 166 Å². The summed E-state index contributed by atoms with van der Waals surface area (Å²) in [7, 11) is 0. The fourth-order valence-electron chi connectivity index (χ4n) is 2.47. The summed E-state index contributed by atoms with van der Waals surface area (Å²) in [6.45, 7) is 0. The number of benzene rings is 3. The molecule has 130 valence electrons. The van der Waals surface area contributed by atoms with Crippen molar-refractivity contribution >= 4 is 69.0 Å². The van der Waals surface area contributed by atoms with Crippen LogP contribution < -0.4 is 10.6 Å². The van der Waals surface area contributed by atoms with Crippen molar-refractivity contribution in [1.82, 2.24) is 5.32 Å². The molecule has 0 atom stereocenters. The minimum absolute atomic E-state index is 0.140. The second-order valence-corrected chi connectivity index (χ2v) is 6.64. The molecule has 0 aliphatic carbocycles. The minimum atomic E-state index is -0.339. The molecule has 0 fully saturated rings. The van der Waals surface area contributed by atoms with Crippen LogP contribution in [-0.4, -0.2) is 11.0 Å². The van der Waals surface area contributed by atoms with E-state index in [9.17, 15) is 4.79 Å². The molecule has 1 amide bonds. The van der Waals surface area contributed by atoms with Gasteiger partial charge in [-0.15, -0.1) is 0 Å². The van der Waals surface area contributed by atoms with Gasteiger partial charge in [0.1, 0.15) is 0 Å². The number of nitrogens with one attached hydrogen (secondary N) is 2. The van der Waals surface area contributed by atoms with Crippen molar-refractivity contribution in [2.24, 2.45) is 0 Å². The largest absolute Gasteiger partial charge is 0.331 e. The molecule has 0 aliphatic rings. The average molecular weight is 401 g/mol. The summed E-state index contributed by atoms with van der Waals surface area (Å²) >= 11 is 17.2. The van der Waals surface area contributed by atoms with Gasteiger partial charge < -0.3 is 5.32 Å². The first kappa shape index (κ1) is 18.4. The molecule has 0 radical (unpaired) electrons. The Morgan fingerprint density at radius 3 is 2.54 bits per heavy atom. The van der Waals surface area contributed by atoms with E-state index in [0.29, 0.717) is 15.7 Å². The Hall–Kier alpha value is -2.40. The van der Waals surface area contributed by atoms with Crippen molar-refractivity contribution in [3.05, 3.63) is 82.3 Å². The molecule has 0 saturated heterocycles. The van der Waals surface area contributed by atoms with Gasteiger partial charge in [0.05, 0.1) is 15.7 Å². The maximum Gasteiger partial charge on any atom is 0.250 e. The van der Waals surface area contributed by atoms with Crippen LogP contribution in [0.2, 0.25) is 10.0 Å². The van der Waals surface area contributed by atoms with Crippen molar-refractivity contribution < 1.29 is 4.79 Å². The Balaban J connectivity index is 1.67. The Kier molecular flexibility index (Phi) is 5.89. The van der Waals surface area contributed by atoms with E-state index in [0.717, 1.165) is 16.3 Å². The molecule has 0 saturated carbocycles. The topological polar surface area (TPSA) is 41.1 Å². The summed E-state index contributed by atoms with van der Waals surface area (Å²) in [5.74, 6) is -0.339. The quantitative estimate of drug-likeness (QED) is 0.439. The molecule has 3 aromatic carbocycles. The van der Waals surface area contributed by atoms with Crippen molar-refractivity contribution in [1.29, 1.82) is 0 Å². The molecular formula is C20H14Cl2N2OS. The lowest BCUT2D eigenvalue weighted by Gasteiger charge is -2.10. The lowest BCUT2D eigenvalue weighted by Crippen LogP contribution is -2.32. The average Bonchev–Trinajstić information content (AvgIpc) is 2.63. The summed E-state index contributed by atoms with van der Waals surface area (Å²) in [5, 5.41) is 8.52. The highest BCUT2D eigenvalue weighted by atomic mass is 35.5. The van der Waals surface area contributed by atoms with Crippen LogP contribution >= 0.6 is 35.4 Å². The minimum Gasteiger partial charge on any atom is -0.331 e. The highest BCUT2D eigenvalue weighted by Gasteiger charge is 2.07. The van der Waals surface area contributed by atoms with Crippen LogP contribution in [0.15, 0.2) is 66.7 Å². The number of thiocarbonyl (C=S) groups is 1. The highest BCUT2D eigenvalue weighted by molar-refractivity contribution is 7.80. The van der Waals surface area contributed by atoms with Gasteiger partial charge in [-0.1, -0.05) is 71.7 Å². The molecular weight excluding hydrogens is 387 g/mol. The lowest BCUT2D eigenvalue weighted by atomic mass is 10.0. The number of amides is 1. The summed E-state index contributed by atoms with van der Waals surface area (Å²) in [4.78, 5) is 12.1. The predicted molar refractivity (Wildman–Crippen MR) is 114 cm³/mol. The fraction of sp³-hybridized carbons (Fsp3) is 0. The Bertz CT molecular complexity index is 1010. The van der Waals surface area contributed by atoms with Crippen molar-refractivity contribution in [2.75, 3.05) is 5.32 Å². The molecule has 6 heteroatoms. The van der Waals surface area contributed by atoms with Gasteiger partial charge >= 0.3 is 0 Å². The SMILES string of the molecule is O=C(/C=C/c1cccc2ccccc12)NC(=S)Nc1cccc(Cl)c1Cl. The van der Waals surface area contributed by atoms with E-state index in [2.05, 4.69) is 10.6 Å². The zero-order chi connectivity index (χ0) is 18.5. The van der Waals surface area contributed by atoms with Crippen LogP contribution in [-0.2, 0) is 4.79 Å². The normalized spacial score (nSPS) is 10.8. The van der Waals surface area contributed by atoms with Crippen LogP contribution in [0.3, 0.4) is 0 Å². The van der Waals surface area contributed by atoms with Gasteiger partial charge in [-0.2, -0.15) is 0 Å². The number of carbonyl (C=O) groups is 1. The summed E-state index contributed by atoms with van der Waals surface area (Å²) in [6.07, 6.45) is 3.20. The number of rotatable bonds is 3. The lowest BCUT2D eigenvalue weighted by molar-refractivity contribution is -0.115. The van der Waals surface area contributed by atoms with Gasteiger partial charge in [-0.25, -0.2) is 0 Å². The van der Waals surface area contributed by atoms with Crippen LogP contribution in [0.25, 0.3) is 16.8 Å². The molecule has 0 aromatic heterocycles. The number of hydrogen-bond donors (Lipinski definition) is 2. The highest BCUT2D eigenvalue weighted by Crippen LogP contribution is 2.29. The first-order valence-corrected chi connectivity index (χ1v) is 8.93. The van der Waals surface area contributed by atoms with Gasteiger partial charge in [-0.3, -0.25) is 10.1 Å². The molecule has 3 nitrogen and oxygen atoms in total. The van der Waals surface area contributed by atoms with Gasteiger partial charge in [-0.05, 0) is 46.8 Å². The van der Waals surface area contributed by atoms with Crippen molar-refractivity contribution in [3.63, 3.8) is 0 Å². The Morgan fingerprint density at radius 2 is 1.69 bits per heavy atom. The first-order valence-electron chi connectivity index (χ1n) is 7.76. The van der Waals surface area contributed by atoms with Crippen molar-refractivity contribution in [2.45, 2.75) is 0 Å². The number of anilines is 1. The molecule has 0 unspecified atom stereocenters. The molecule has 3 aromatic rings. The fourth-order valence-corrected chi connectivity index (χ4v) is 3.03. The second-order valence-electron chi connectivity index (χ2n) is 5.45. The zero-order valence-corrected chi connectivity index (χ0v) is 15.8. The van der Waals surface area contributed by atoms with Gasteiger partial charge in [0.2, 0.25) is 5.91 Å². The molecule has 0 spiro atoms. The third-order valence-corrected chi connectivity index (χ3v) is 4.70. The molecule has 2 N–H and O–H groups in total. The van der Waals surface area contributed by atoms with E-state index >= 15 is 0 Å². The summed E-state index contributed by atoms with van der Waals surface area (Å²) < 4.78 is 0. The van der Waals surface area contributed by atoms with E-state index in [1.807, 2.05) is 42.5 Å². The number of carbonyl (C=O) groups excluding carboxylic acids is 1. The van der Waals surface area contributed by atoms with E-state index in [4.69, 9.17) is 35.4 Å². The molecule has 0 heterocycles. The second kappa shape index (κ2) is 8.32. The first-order chi connectivity index (χ1) is 12.5. The predicted octanol–water partition coefficient (Wildman–Crippen LogP) is 5.67. The zero-order valence-electron chi connectivity index (χ0n) is 13.5. The van der Waals surface area contributed by atoms with Gasteiger partial charge in [0, 0.05) is 6.08 Å². The van der Waals surface area contributed by atoms with E-state index in [1.54, 1.807) is 24.3 Å². The standard InChI is InChI=1S/C20H14Cl2N2OS/c21-16-9-4-10-17(19(16)22)23-20(26)24-18(25)12-11-14-7-3-6-13-5-1-2-8-15(13)14/h1-12H,(H2,23,24,25,26)/b12-11+. The van der Waals surface area contributed by atoms with E-state index < -0.39 is 0 Å². The molecule has 3 rings (SSSR count). The molecule has 0 bridgehead atoms. The van der Waals surface area contributed by atoms with Gasteiger partial charge in [0.15, 0.2) is 5.11 Å². The number of halogens is 2. The van der Waals surface area contributed by atoms with Gasteiger partial charge in [0.25, 0.3) is 0 Å².